The molecular formula is C24H22N6O2. The minimum Gasteiger partial charge on any atom is -0.277 e. The quantitative estimate of drug-likeness (QED) is 0.510. The van der Waals surface area contributed by atoms with E-state index in [9.17, 15) is 9.59 Å². The number of H-pyrrole nitrogens is 1. The van der Waals surface area contributed by atoms with E-state index in [0.717, 1.165) is 11.1 Å². The van der Waals surface area contributed by atoms with Gasteiger partial charge < -0.3 is 0 Å². The summed E-state index contributed by atoms with van der Waals surface area (Å²) in [5, 5.41) is 11.9. The third kappa shape index (κ3) is 4.14. The number of hydrogen-bond acceptors (Lipinski definition) is 5. The van der Waals surface area contributed by atoms with Crippen LogP contribution in [0.3, 0.4) is 0 Å². The fraction of sp³-hybridized carbons (Fsp3) is 0.208. The first-order chi connectivity index (χ1) is 15.5. The van der Waals surface area contributed by atoms with Crippen molar-refractivity contribution in [1.29, 1.82) is 5.26 Å². The molecule has 2 aromatic heterocycles. The lowest BCUT2D eigenvalue weighted by Gasteiger charge is -2.19. The maximum Gasteiger partial charge on any atom is 0.277 e. The second-order valence-electron chi connectivity index (χ2n) is 7.47. The highest BCUT2D eigenvalue weighted by Gasteiger charge is 2.21. The van der Waals surface area contributed by atoms with Crippen molar-refractivity contribution in [3.63, 3.8) is 0 Å². The fourth-order valence-electron chi connectivity index (χ4n) is 3.51. The zero-order valence-corrected chi connectivity index (χ0v) is 17.9. The molecule has 4 rings (SSSR count). The maximum absolute atomic E-state index is 13.2. The molecule has 0 aliphatic rings. The number of nitrogens with zero attached hydrogens (tertiary/aromatic N) is 5. The highest BCUT2D eigenvalue weighted by molar-refractivity contribution is 5.91. The first-order valence-electron chi connectivity index (χ1n) is 10.3. The van der Waals surface area contributed by atoms with E-state index >= 15 is 0 Å². The Labute approximate surface area is 184 Å². The molecular weight excluding hydrogens is 404 g/mol. The van der Waals surface area contributed by atoms with Gasteiger partial charge in [0.2, 0.25) is 11.9 Å². The van der Waals surface area contributed by atoms with Gasteiger partial charge in [0.15, 0.2) is 0 Å². The Hall–Kier alpha value is -4.25. The van der Waals surface area contributed by atoms with Crippen LogP contribution in [-0.4, -0.2) is 25.5 Å². The molecule has 160 valence electrons. The number of aromatic nitrogens is 4. The molecule has 0 bridgehead atoms. The van der Waals surface area contributed by atoms with Gasteiger partial charge in [-0.1, -0.05) is 49.4 Å². The van der Waals surface area contributed by atoms with Crippen LogP contribution in [0, 0.1) is 18.3 Å². The van der Waals surface area contributed by atoms with Crippen LogP contribution in [0.4, 0.5) is 5.95 Å². The third-order valence-corrected chi connectivity index (χ3v) is 5.29. The number of aryl methyl sites for hydroxylation is 1. The Bertz CT molecular complexity index is 1360. The van der Waals surface area contributed by atoms with E-state index in [1.165, 1.54) is 9.42 Å². The molecule has 0 aliphatic heterocycles. The molecule has 1 amide bonds. The number of hydrogen-bond donors (Lipinski definition) is 1. The van der Waals surface area contributed by atoms with Gasteiger partial charge in [0, 0.05) is 18.4 Å². The summed E-state index contributed by atoms with van der Waals surface area (Å²) in [5.74, 6) is 0.317. The van der Waals surface area contributed by atoms with Crippen molar-refractivity contribution < 1.29 is 4.79 Å². The van der Waals surface area contributed by atoms with Gasteiger partial charge in [0.1, 0.15) is 0 Å². The average molecular weight is 426 g/mol. The van der Waals surface area contributed by atoms with E-state index in [4.69, 9.17) is 5.26 Å². The number of fused-ring (bicyclic) bond motifs is 1. The summed E-state index contributed by atoms with van der Waals surface area (Å²) in [5.41, 5.74) is 3.34. The Morgan fingerprint density at radius 2 is 1.81 bits per heavy atom. The van der Waals surface area contributed by atoms with Gasteiger partial charge in [-0.25, -0.2) is 4.98 Å². The number of aromatic amines is 1. The molecule has 0 saturated carbocycles. The number of amides is 1. The van der Waals surface area contributed by atoms with Crippen LogP contribution in [0.1, 0.15) is 41.3 Å². The molecule has 0 atom stereocenters. The van der Waals surface area contributed by atoms with E-state index < -0.39 is 0 Å². The summed E-state index contributed by atoms with van der Waals surface area (Å²) in [6.07, 6.45) is 0.729. The molecule has 4 aromatic rings. The largest absolute Gasteiger partial charge is 0.277 e. The highest BCUT2D eigenvalue weighted by Crippen LogP contribution is 2.17. The molecule has 0 spiro atoms. The first kappa shape index (κ1) is 21.0. The van der Waals surface area contributed by atoms with Crippen molar-refractivity contribution in [3.05, 3.63) is 92.9 Å². The Balaban J connectivity index is 1.72. The summed E-state index contributed by atoms with van der Waals surface area (Å²) >= 11 is 0. The maximum atomic E-state index is 13.2. The average Bonchev–Trinajstić information content (AvgIpc) is 3.24. The molecule has 0 unspecified atom stereocenters. The molecule has 0 fully saturated rings. The number of nitriles is 1. The van der Waals surface area contributed by atoms with Crippen LogP contribution in [0.5, 0.6) is 0 Å². The summed E-state index contributed by atoms with van der Waals surface area (Å²) < 4.78 is 1.29. The lowest BCUT2D eigenvalue weighted by atomic mass is 10.1. The van der Waals surface area contributed by atoms with Gasteiger partial charge in [-0.15, -0.1) is 0 Å². The number of benzene rings is 2. The van der Waals surface area contributed by atoms with E-state index in [-0.39, 0.29) is 36.2 Å². The Morgan fingerprint density at radius 1 is 1.09 bits per heavy atom. The zero-order chi connectivity index (χ0) is 22.7. The molecule has 0 aliphatic carbocycles. The van der Waals surface area contributed by atoms with Gasteiger partial charge in [-0.2, -0.15) is 14.8 Å². The Morgan fingerprint density at radius 3 is 2.47 bits per heavy atom. The molecule has 1 N–H and O–H groups in total. The van der Waals surface area contributed by atoms with E-state index in [0.29, 0.717) is 23.2 Å². The number of carbonyl (C=O) groups excluding carboxylic acids is 1. The standard InChI is InChI=1S/C24H22N6O2/c1-3-21(31)29(15-19-11-9-18(14-25)10-12-19)24-27-23-26-16(2)20(22(32)30(23)28-24)13-17-7-5-4-6-8-17/h4-12H,3,13,15H2,1-2H3,(H,26,27,28). The SMILES string of the molecule is CCC(=O)N(Cc1ccc(C#N)cc1)c1nc2nc(C)c(Cc3ccccc3)c(=O)n2[nH]1. The highest BCUT2D eigenvalue weighted by atomic mass is 16.2. The predicted octanol–water partition coefficient (Wildman–Crippen LogP) is 3.13. The van der Waals surface area contributed by atoms with Crippen molar-refractivity contribution in [2.75, 3.05) is 4.90 Å². The topological polar surface area (TPSA) is 107 Å². The monoisotopic (exact) mass is 426 g/mol. The lowest BCUT2D eigenvalue weighted by molar-refractivity contribution is -0.118. The van der Waals surface area contributed by atoms with Gasteiger partial charge in [0.25, 0.3) is 11.3 Å². The van der Waals surface area contributed by atoms with Crippen LogP contribution in [0.15, 0.2) is 59.4 Å². The van der Waals surface area contributed by atoms with Crippen LogP contribution in [-0.2, 0) is 17.8 Å². The molecule has 2 aromatic carbocycles. The van der Waals surface area contributed by atoms with Crippen LogP contribution >= 0.6 is 0 Å². The van der Waals surface area contributed by atoms with E-state index in [1.54, 1.807) is 38.1 Å². The molecule has 8 heteroatoms. The number of nitrogens with one attached hydrogen (secondary N) is 1. The van der Waals surface area contributed by atoms with Crippen molar-refractivity contribution in [2.45, 2.75) is 33.2 Å². The second kappa shape index (κ2) is 8.86. The normalized spacial score (nSPS) is 10.8. The Kier molecular flexibility index (Phi) is 5.81. The second-order valence-corrected chi connectivity index (χ2v) is 7.47. The van der Waals surface area contributed by atoms with Gasteiger partial charge in [-0.3, -0.25) is 19.6 Å². The minimum absolute atomic E-state index is 0.150. The summed E-state index contributed by atoms with van der Waals surface area (Å²) in [6.45, 7) is 3.81. The molecule has 0 radical (unpaired) electrons. The van der Waals surface area contributed by atoms with Crippen molar-refractivity contribution in [3.8, 4) is 6.07 Å². The van der Waals surface area contributed by atoms with Gasteiger partial charge in [-0.05, 0) is 30.2 Å². The van der Waals surface area contributed by atoms with Gasteiger partial charge in [0.05, 0.1) is 23.9 Å². The summed E-state index contributed by atoms with van der Waals surface area (Å²) in [6, 6.07) is 18.8. The summed E-state index contributed by atoms with van der Waals surface area (Å²) in [7, 11) is 0. The van der Waals surface area contributed by atoms with Crippen molar-refractivity contribution >= 4 is 17.6 Å². The first-order valence-corrected chi connectivity index (χ1v) is 10.3. The fourth-order valence-corrected chi connectivity index (χ4v) is 3.51. The smallest absolute Gasteiger partial charge is 0.277 e. The molecule has 0 saturated heterocycles. The number of carbonyl (C=O) groups is 1. The van der Waals surface area contributed by atoms with E-state index in [2.05, 4.69) is 21.1 Å². The number of rotatable bonds is 6. The van der Waals surface area contributed by atoms with Crippen LogP contribution in [0.2, 0.25) is 0 Å². The minimum atomic E-state index is -0.239. The zero-order valence-electron chi connectivity index (χ0n) is 17.9. The predicted molar refractivity (Wildman–Crippen MR) is 120 cm³/mol. The van der Waals surface area contributed by atoms with Crippen LogP contribution in [0.25, 0.3) is 5.78 Å². The third-order valence-electron chi connectivity index (χ3n) is 5.29. The molecule has 8 nitrogen and oxygen atoms in total. The molecule has 2 heterocycles. The summed E-state index contributed by atoms with van der Waals surface area (Å²) in [4.78, 5) is 36.3. The number of anilines is 1. The van der Waals surface area contributed by atoms with Crippen molar-refractivity contribution in [1.82, 2.24) is 19.6 Å². The lowest BCUT2D eigenvalue weighted by Crippen LogP contribution is -2.31. The molecule has 32 heavy (non-hydrogen) atoms. The van der Waals surface area contributed by atoms with Crippen LogP contribution < -0.4 is 10.5 Å². The van der Waals surface area contributed by atoms with E-state index in [1.807, 2.05) is 30.3 Å². The van der Waals surface area contributed by atoms with Gasteiger partial charge >= 0.3 is 0 Å². The van der Waals surface area contributed by atoms with Crippen molar-refractivity contribution in [2.24, 2.45) is 0 Å².